The SMILES string of the molecule is CCN1CCCC1CNc1nc(NCc2cccs2)nc(Nc2ccc(OC)c(Cl)c2)n1. The summed E-state index contributed by atoms with van der Waals surface area (Å²) in [6.45, 7) is 5.87. The number of aromatic nitrogens is 3. The second-order valence-corrected chi connectivity index (χ2v) is 8.96. The largest absolute Gasteiger partial charge is 0.495 e. The highest BCUT2D eigenvalue weighted by Crippen LogP contribution is 2.28. The molecule has 32 heavy (non-hydrogen) atoms. The van der Waals surface area contributed by atoms with Gasteiger partial charge in [0.05, 0.1) is 18.7 Å². The van der Waals surface area contributed by atoms with Gasteiger partial charge in [-0.1, -0.05) is 24.6 Å². The minimum atomic E-state index is 0.441. The fraction of sp³-hybridized carbons (Fsp3) is 0.409. The average molecular weight is 474 g/mol. The van der Waals surface area contributed by atoms with E-state index >= 15 is 0 Å². The summed E-state index contributed by atoms with van der Waals surface area (Å²) < 4.78 is 5.23. The lowest BCUT2D eigenvalue weighted by atomic mass is 10.2. The first kappa shape index (κ1) is 22.6. The van der Waals surface area contributed by atoms with E-state index in [9.17, 15) is 0 Å². The van der Waals surface area contributed by atoms with Gasteiger partial charge in [-0.25, -0.2) is 0 Å². The van der Waals surface area contributed by atoms with Crippen molar-refractivity contribution in [1.29, 1.82) is 0 Å². The van der Waals surface area contributed by atoms with Crippen molar-refractivity contribution in [2.24, 2.45) is 0 Å². The molecule has 1 aromatic carbocycles. The number of ether oxygens (including phenoxy) is 1. The molecule has 10 heteroatoms. The first-order chi connectivity index (χ1) is 15.6. The summed E-state index contributed by atoms with van der Waals surface area (Å²) in [7, 11) is 1.59. The van der Waals surface area contributed by atoms with E-state index in [-0.39, 0.29) is 0 Å². The molecule has 0 saturated carbocycles. The van der Waals surface area contributed by atoms with Crippen LogP contribution in [0, 0.1) is 0 Å². The highest BCUT2D eigenvalue weighted by molar-refractivity contribution is 7.09. The van der Waals surface area contributed by atoms with Crippen LogP contribution in [0.4, 0.5) is 23.5 Å². The number of nitrogens with zero attached hydrogens (tertiary/aromatic N) is 4. The molecule has 1 saturated heterocycles. The number of hydrogen-bond donors (Lipinski definition) is 3. The molecule has 2 aromatic heterocycles. The molecule has 3 aromatic rings. The molecular formula is C22H28ClN7OS. The molecule has 3 heterocycles. The van der Waals surface area contributed by atoms with Crippen LogP contribution in [-0.4, -0.2) is 52.6 Å². The maximum atomic E-state index is 6.27. The Hall–Kier alpha value is -2.62. The van der Waals surface area contributed by atoms with E-state index in [0.717, 1.165) is 25.3 Å². The Morgan fingerprint density at radius 1 is 1.16 bits per heavy atom. The average Bonchev–Trinajstić information content (AvgIpc) is 3.48. The van der Waals surface area contributed by atoms with Crippen molar-refractivity contribution in [2.75, 3.05) is 42.7 Å². The lowest BCUT2D eigenvalue weighted by Crippen LogP contribution is -2.35. The number of thiophene rings is 1. The summed E-state index contributed by atoms with van der Waals surface area (Å²) in [6, 6.07) is 10.1. The lowest BCUT2D eigenvalue weighted by Gasteiger charge is -2.23. The highest BCUT2D eigenvalue weighted by atomic mass is 35.5. The number of anilines is 4. The third-order valence-corrected chi connectivity index (χ3v) is 6.62. The fourth-order valence-electron chi connectivity index (χ4n) is 3.79. The van der Waals surface area contributed by atoms with Crippen LogP contribution in [0.3, 0.4) is 0 Å². The Kier molecular flexibility index (Phi) is 7.62. The molecule has 1 unspecified atom stereocenters. The van der Waals surface area contributed by atoms with Gasteiger partial charge < -0.3 is 20.7 Å². The predicted octanol–water partition coefficient (Wildman–Crippen LogP) is 4.85. The second-order valence-electron chi connectivity index (χ2n) is 7.52. The summed E-state index contributed by atoms with van der Waals surface area (Å²) in [6.07, 6.45) is 2.42. The second kappa shape index (κ2) is 10.8. The molecule has 0 bridgehead atoms. The summed E-state index contributed by atoms with van der Waals surface area (Å²) in [4.78, 5) is 17.4. The Balaban J connectivity index is 1.51. The lowest BCUT2D eigenvalue weighted by molar-refractivity contribution is 0.277. The van der Waals surface area contributed by atoms with Crippen molar-refractivity contribution in [3.8, 4) is 5.75 Å². The van der Waals surface area contributed by atoms with Crippen molar-refractivity contribution in [3.05, 3.63) is 45.6 Å². The summed E-state index contributed by atoms with van der Waals surface area (Å²) in [5, 5.41) is 12.5. The molecule has 8 nitrogen and oxygen atoms in total. The number of likely N-dealkylation sites (N-methyl/N-ethyl adjacent to an activating group) is 1. The van der Waals surface area contributed by atoms with Crippen LogP contribution >= 0.6 is 22.9 Å². The monoisotopic (exact) mass is 473 g/mol. The van der Waals surface area contributed by atoms with Crippen LogP contribution in [0.25, 0.3) is 0 Å². The summed E-state index contributed by atoms with van der Waals surface area (Å²) in [5.74, 6) is 2.11. The first-order valence-electron chi connectivity index (χ1n) is 10.8. The normalized spacial score (nSPS) is 16.2. The van der Waals surface area contributed by atoms with Gasteiger partial charge in [-0.2, -0.15) is 15.0 Å². The number of hydrogen-bond acceptors (Lipinski definition) is 9. The van der Waals surface area contributed by atoms with E-state index in [1.807, 2.05) is 12.1 Å². The number of rotatable bonds is 10. The van der Waals surface area contributed by atoms with Crippen molar-refractivity contribution in [3.63, 3.8) is 0 Å². The van der Waals surface area contributed by atoms with E-state index < -0.39 is 0 Å². The molecule has 0 spiro atoms. The molecular weight excluding hydrogens is 446 g/mol. The van der Waals surface area contributed by atoms with Gasteiger partial charge in [0.1, 0.15) is 5.75 Å². The third kappa shape index (κ3) is 5.79. The smallest absolute Gasteiger partial charge is 0.233 e. The maximum absolute atomic E-state index is 6.27. The van der Waals surface area contributed by atoms with Crippen LogP contribution in [0.2, 0.25) is 5.02 Å². The Morgan fingerprint density at radius 3 is 2.69 bits per heavy atom. The first-order valence-corrected chi connectivity index (χ1v) is 12.0. The van der Waals surface area contributed by atoms with Gasteiger partial charge >= 0.3 is 0 Å². The maximum Gasteiger partial charge on any atom is 0.233 e. The van der Waals surface area contributed by atoms with Crippen molar-refractivity contribution < 1.29 is 4.74 Å². The van der Waals surface area contributed by atoms with Gasteiger partial charge in [0.25, 0.3) is 0 Å². The molecule has 0 amide bonds. The molecule has 0 aliphatic carbocycles. The van der Waals surface area contributed by atoms with E-state index in [1.165, 1.54) is 17.7 Å². The third-order valence-electron chi connectivity index (χ3n) is 5.45. The van der Waals surface area contributed by atoms with Crippen LogP contribution in [0.15, 0.2) is 35.7 Å². The topological polar surface area (TPSA) is 87.2 Å². The van der Waals surface area contributed by atoms with Gasteiger partial charge in [0, 0.05) is 23.2 Å². The number of benzene rings is 1. The number of halogens is 1. The summed E-state index contributed by atoms with van der Waals surface area (Å²) >= 11 is 7.96. The molecule has 170 valence electrons. The van der Waals surface area contributed by atoms with E-state index in [2.05, 4.69) is 54.2 Å². The highest BCUT2D eigenvalue weighted by Gasteiger charge is 2.23. The Morgan fingerprint density at radius 2 is 1.97 bits per heavy atom. The number of likely N-dealkylation sites (tertiary alicyclic amines) is 1. The predicted molar refractivity (Wildman–Crippen MR) is 132 cm³/mol. The van der Waals surface area contributed by atoms with E-state index in [0.29, 0.717) is 41.2 Å². The Labute approximate surface area is 197 Å². The number of methoxy groups -OCH3 is 1. The van der Waals surface area contributed by atoms with Crippen LogP contribution in [0.1, 0.15) is 24.6 Å². The standard InChI is InChI=1S/C22H28ClN7OS/c1-3-30-10-4-6-16(30)13-24-20-27-21(25-14-17-7-5-11-32-17)29-22(28-20)26-15-8-9-19(31-2)18(23)12-15/h5,7-9,11-12,16H,3-4,6,10,13-14H2,1-2H3,(H3,24,25,26,27,28,29). The van der Waals surface area contributed by atoms with Gasteiger partial charge in [-0.05, 0) is 55.6 Å². The number of nitrogens with one attached hydrogen (secondary N) is 3. The van der Waals surface area contributed by atoms with Crippen LogP contribution in [0.5, 0.6) is 5.75 Å². The quantitative estimate of drug-likeness (QED) is 0.385. The van der Waals surface area contributed by atoms with Crippen LogP contribution in [-0.2, 0) is 6.54 Å². The molecule has 1 atom stereocenters. The minimum Gasteiger partial charge on any atom is -0.495 e. The van der Waals surface area contributed by atoms with Crippen molar-refractivity contribution in [1.82, 2.24) is 19.9 Å². The van der Waals surface area contributed by atoms with Gasteiger partial charge in [0.15, 0.2) is 0 Å². The molecule has 1 aliphatic rings. The van der Waals surface area contributed by atoms with E-state index in [1.54, 1.807) is 30.6 Å². The molecule has 0 radical (unpaired) electrons. The molecule has 3 N–H and O–H groups in total. The molecule has 1 fully saturated rings. The minimum absolute atomic E-state index is 0.441. The summed E-state index contributed by atoms with van der Waals surface area (Å²) in [5.41, 5.74) is 0.769. The molecule has 1 aliphatic heterocycles. The zero-order valence-corrected chi connectivity index (χ0v) is 19.8. The van der Waals surface area contributed by atoms with Crippen molar-refractivity contribution >= 4 is 46.5 Å². The van der Waals surface area contributed by atoms with Gasteiger partial charge in [-0.3, -0.25) is 4.90 Å². The van der Waals surface area contributed by atoms with Crippen molar-refractivity contribution in [2.45, 2.75) is 32.4 Å². The molecule has 4 rings (SSSR count). The van der Waals surface area contributed by atoms with Gasteiger partial charge in [0.2, 0.25) is 17.8 Å². The van der Waals surface area contributed by atoms with E-state index in [4.69, 9.17) is 16.3 Å². The van der Waals surface area contributed by atoms with Gasteiger partial charge in [-0.15, -0.1) is 11.3 Å². The zero-order valence-electron chi connectivity index (χ0n) is 18.3. The van der Waals surface area contributed by atoms with Crippen LogP contribution < -0.4 is 20.7 Å². The fourth-order valence-corrected chi connectivity index (χ4v) is 4.70. The Bertz CT molecular complexity index is 1020. The zero-order chi connectivity index (χ0) is 22.3.